The van der Waals surface area contributed by atoms with Gasteiger partial charge in [-0.1, -0.05) is 29.3 Å². The molecule has 0 aliphatic carbocycles. The average molecular weight is 268 g/mol. The summed E-state index contributed by atoms with van der Waals surface area (Å²) in [5.74, 6) is 1.21. The van der Waals surface area contributed by atoms with Crippen LogP contribution in [0.4, 0.5) is 5.69 Å². The van der Waals surface area contributed by atoms with Crippen LogP contribution in [0.5, 0.6) is 11.5 Å². The molecule has 0 radical (unpaired) electrons. The lowest BCUT2D eigenvalue weighted by Crippen LogP contribution is -1.91. The molecule has 0 saturated heterocycles. The maximum absolute atomic E-state index is 6.03. The second kappa shape index (κ2) is 4.86. The van der Waals surface area contributed by atoms with E-state index in [1.165, 1.54) is 0 Å². The largest absolute Gasteiger partial charge is 0.456 e. The Labute approximate surface area is 110 Å². The lowest BCUT2D eigenvalue weighted by atomic mass is 10.2. The SMILES string of the molecule is Cc1cc(Oc2cccc(Cl)c2Cl)ccc1N. The molecule has 2 rings (SSSR count). The first-order chi connectivity index (χ1) is 8.08. The fourth-order valence-corrected chi connectivity index (χ4v) is 1.73. The molecule has 0 amide bonds. The number of aryl methyl sites for hydroxylation is 1. The van der Waals surface area contributed by atoms with Gasteiger partial charge < -0.3 is 10.5 Å². The van der Waals surface area contributed by atoms with Crippen molar-refractivity contribution in [3.63, 3.8) is 0 Å². The van der Waals surface area contributed by atoms with Crippen LogP contribution in [0, 0.1) is 6.92 Å². The number of ether oxygens (including phenoxy) is 1. The van der Waals surface area contributed by atoms with Crippen LogP contribution in [0.15, 0.2) is 36.4 Å². The van der Waals surface area contributed by atoms with Gasteiger partial charge in [0.15, 0.2) is 0 Å². The molecule has 0 aromatic heterocycles. The Morgan fingerprint density at radius 3 is 2.59 bits per heavy atom. The molecule has 0 unspecified atom stereocenters. The first kappa shape index (κ1) is 12.1. The summed E-state index contributed by atoms with van der Waals surface area (Å²) < 4.78 is 5.65. The normalized spacial score (nSPS) is 10.3. The van der Waals surface area contributed by atoms with Crippen LogP contribution >= 0.6 is 23.2 Å². The second-order valence-electron chi connectivity index (χ2n) is 3.67. The molecule has 0 saturated carbocycles. The molecule has 0 heterocycles. The van der Waals surface area contributed by atoms with Crippen molar-refractivity contribution >= 4 is 28.9 Å². The molecule has 0 fully saturated rings. The Bertz CT molecular complexity index is 555. The molecule has 88 valence electrons. The van der Waals surface area contributed by atoms with Crippen molar-refractivity contribution in [3.05, 3.63) is 52.0 Å². The molecule has 17 heavy (non-hydrogen) atoms. The van der Waals surface area contributed by atoms with Gasteiger partial charge in [0, 0.05) is 5.69 Å². The van der Waals surface area contributed by atoms with Gasteiger partial charge in [-0.2, -0.15) is 0 Å². The minimum atomic E-state index is 0.406. The number of nitrogens with two attached hydrogens (primary N) is 1. The first-order valence-electron chi connectivity index (χ1n) is 5.06. The Hall–Kier alpha value is -1.38. The van der Waals surface area contributed by atoms with E-state index in [4.69, 9.17) is 33.7 Å². The van der Waals surface area contributed by atoms with Gasteiger partial charge in [-0.05, 0) is 42.8 Å². The van der Waals surface area contributed by atoms with E-state index in [1.54, 1.807) is 30.3 Å². The average Bonchev–Trinajstić information content (AvgIpc) is 2.30. The standard InChI is InChI=1S/C13H11Cl2NO/c1-8-7-9(5-6-11(8)16)17-12-4-2-3-10(14)13(12)15/h2-7H,16H2,1H3. The molecule has 0 spiro atoms. The van der Waals surface area contributed by atoms with Crippen molar-refractivity contribution in [1.82, 2.24) is 0 Å². The van der Waals surface area contributed by atoms with Crippen LogP contribution in [0.1, 0.15) is 5.56 Å². The highest BCUT2D eigenvalue weighted by molar-refractivity contribution is 6.42. The topological polar surface area (TPSA) is 35.2 Å². The van der Waals surface area contributed by atoms with Gasteiger partial charge in [-0.25, -0.2) is 0 Å². The van der Waals surface area contributed by atoms with E-state index < -0.39 is 0 Å². The summed E-state index contributed by atoms with van der Waals surface area (Å²) in [6, 6.07) is 10.7. The van der Waals surface area contributed by atoms with E-state index >= 15 is 0 Å². The predicted molar refractivity (Wildman–Crippen MR) is 72.1 cm³/mol. The third-order valence-corrected chi connectivity index (χ3v) is 3.19. The molecule has 0 aliphatic heterocycles. The number of rotatable bonds is 2. The summed E-state index contributed by atoms with van der Waals surface area (Å²) in [6.45, 7) is 1.92. The Balaban J connectivity index is 2.31. The van der Waals surface area contributed by atoms with Crippen LogP contribution in [0.25, 0.3) is 0 Å². The van der Waals surface area contributed by atoms with Crippen LogP contribution in [-0.2, 0) is 0 Å². The van der Waals surface area contributed by atoms with Crippen LogP contribution in [-0.4, -0.2) is 0 Å². The third-order valence-electron chi connectivity index (χ3n) is 2.39. The van der Waals surface area contributed by atoms with E-state index in [1.807, 2.05) is 13.0 Å². The van der Waals surface area contributed by atoms with Crippen molar-refractivity contribution < 1.29 is 4.74 Å². The molecule has 0 aliphatic rings. The lowest BCUT2D eigenvalue weighted by molar-refractivity contribution is 0.482. The third kappa shape index (κ3) is 2.65. The molecule has 2 aromatic carbocycles. The van der Waals surface area contributed by atoms with Crippen molar-refractivity contribution in [2.45, 2.75) is 6.92 Å². The molecule has 2 aromatic rings. The molecular formula is C13H11Cl2NO. The minimum absolute atomic E-state index is 0.406. The summed E-state index contributed by atoms with van der Waals surface area (Å²) in [5.41, 5.74) is 7.42. The molecular weight excluding hydrogens is 257 g/mol. The zero-order chi connectivity index (χ0) is 12.4. The number of hydrogen-bond acceptors (Lipinski definition) is 2. The smallest absolute Gasteiger partial charge is 0.147 e. The van der Waals surface area contributed by atoms with E-state index in [0.29, 0.717) is 21.5 Å². The highest BCUT2D eigenvalue weighted by Gasteiger charge is 2.07. The summed E-state index contributed by atoms with van der Waals surface area (Å²) in [4.78, 5) is 0. The van der Waals surface area contributed by atoms with Gasteiger partial charge in [0.2, 0.25) is 0 Å². The van der Waals surface area contributed by atoms with Gasteiger partial charge in [0.25, 0.3) is 0 Å². The quantitative estimate of drug-likeness (QED) is 0.803. The van der Waals surface area contributed by atoms with Crippen molar-refractivity contribution in [1.29, 1.82) is 0 Å². The number of anilines is 1. The zero-order valence-electron chi connectivity index (χ0n) is 9.21. The van der Waals surface area contributed by atoms with Crippen molar-refractivity contribution in [3.8, 4) is 11.5 Å². The number of benzene rings is 2. The second-order valence-corrected chi connectivity index (χ2v) is 4.46. The van der Waals surface area contributed by atoms with Gasteiger partial charge in [-0.3, -0.25) is 0 Å². The fourth-order valence-electron chi connectivity index (χ4n) is 1.40. The maximum atomic E-state index is 6.03. The van der Waals surface area contributed by atoms with Crippen LogP contribution < -0.4 is 10.5 Å². The van der Waals surface area contributed by atoms with Crippen molar-refractivity contribution in [2.24, 2.45) is 0 Å². The highest BCUT2D eigenvalue weighted by atomic mass is 35.5. The number of halogens is 2. The molecule has 2 nitrogen and oxygen atoms in total. The zero-order valence-corrected chi connectivity index (χ0v) is 10.7. The van der Waals surface area contributed by atoms with E-state index in [9.17, 15) is 0 Å². The van der Waals surface area contributed by atoms with Gasteiger partial charge >= 0.3 is 0 Å². The first-order valence-corrected chi connectivity index (χ1v) is 5.81. The lowest BCUT2D eigenvalue weighted by Gasteiger charge is -2.09. The Morgan fingerprint density at radius 1 is 1.12 bits per heavy atom. The predicted octanol–water partition coefficient (Wildman–Crippen LogP) is 4.68. The van der Waals surface area contributed by atoms with E-state index in [0.717, 1.165) is 11.3 Å². The Kier molecular flexibility index (Phi) is 3.46. The highest BCUT2D eigenvalue weighted by Crippen LogP contribution is 2.35. The van der Waals surface area contributed by atoms with Gasteiger partial charge in [0.1, 0.15) is 16.5 Å². The molecule has 2 N–H and O–H groups in total. The van der Waals surface area contributed by atoms with E-state index in [-0.39, 0.29) is 0 Å². The van der Waals surface area contributed by atoms with Gasteiger partial charge in [-0.15, -0.1) is 0 Å². The summed E-state index contributed by atoms with van der Waals surface area (Å²) in [7, 11) is 0. The van der Waals surface area contributed by atoms with Crippen LogP contribution in [0.2, 0.25) is 10.0 Å². The van der Waals surface area contributed by atoms with Crippen molar-refractivity contribution in [2.75, 3.05) is 5.73 Å². The number of hydrogen-bond donors (Lipinski definition) is 1. The minimum Gasteiger partial charge on any atom is -0.456 e. The number of nitrogen functional groups attached to an aromatic ring is 1. The summed E-state index contributed by atoms with van der Waals surface area (Å²) in [5, 5.41) is 0.875. The fraction of sp³-hybridized carbons (Fsp3) is 0.0769. The molecule has 0 bridgehead atoms. The van der Waals surface area contributed by atoms with Crippen LogP contribution in [0.3, 0.4) is 0 Å². The Morgan fingerprint density at radius 2 is 1.88 bits per heavy atom. The monoisotopic (exact) mass is 267 g/mol. The summed E-state index contributed by atoms with van der Waals surface area (Å²) in [6.07, 6.45) is 0. The molecule has 4 heteroatoms. The maximum Gasteiger partial charge on any atom is 0.147 e. The van der Waals surface area contributed by atoms with Gasteiger partial charge in [0.05, 0.1) is 5.02 Å². The van der Waals surface area contributed by atoms with E-state index in [2.05, 4.69) is 0 Å². The summed E-state index contributed by atoms with van der Waals surface area (Å²) >= 11 is 11.9. The molecule has 0 atom stereocenters.